The van der Waals surface area contributed by atoms with E-state index in [1.165, 1.54) is 21.0 Å². The van der Waals surface area contributed by atoms with E-state index in [-0.39, 0.29) is 65.3 Å². The average molecular weight is 911 g/mol. The van der Waals surface area contributed by atoms with Gasteiger partial charge in [-0.15, -0.1) is 0 Å². The van der Waals surface area contributed by atoms with Crippen molar-refractivity contribution < 1.29 is 98.2 Å². The molecular weight excluding hydrogens is 848 g/mol. The smallest absolute Gasteiger partial charge is 0.202 e. The third kappa shape index (κ3) is 9.65. The van der Waals surface area contributed by atoms with Crippen molar-refractivity contribution in [2.75, 3.05) is 7.11 Å². The first-order valence-corrected chi connectivity index (χ1v) is 21.8. The molecule has 64 heavy (non-hydrogen) atoms. The Morgan fingerprint density at radius 1 is 0.703 bits per heavy atom. The monoisotopic (exact) mass is 910 g/mol. The Balaban J connectivity index is 1.16. The van der Waals surface area contributed by atoms with Crippen molar-refractivity contribution in [3.8, 4) is 17.2 Å². The zero-order valence-corrected chi connectivity index (χ0v) is 36.8. The highest BCUT2D eigenvalue weighted by Gasteiger charge is 2.50. The number of rotatable bonds is 12. The number of Topliss-reactive ketones (excluding diaryl/α,β-unsaturated/α-hetero) is 2. The van der Waals surface area contributed by atoms with Gasteiger partial charge in [0, 0.05) is 44.3 Å². The van der Waals surface area contributed by atoms with Crippen LogP contribution in [-0.4, -0.2) is 181 Å². The minimum Gasteiger partial charge on any atom is -0.507 e. The number of fused-ring (bicyclic) bond motifs is 2. The van der Waals surface area contributed by atoms with Gasteiger partial charge >= 0.3 is 0 Å². The van der Waals surface area contributed by atoms with E-state index in [0.717, 1.165) is 0 Å². The number of phenols is 2. The van der Waals surface area contributed by atoms with Crippen LogP contribution in [0.3, 0.4) is 0 Å². The molecule has 358 valence electrons. The number of methoxy groups -OCH3 is 1. The largest absolute Gasteiger partial charge is 0.507 e. The molecule has 4 aliphatic heterocycles. The number of aliphatic hydroxyl groups is 7. The van der Waals surface area contributed by atoms with Crippen LogP contribution >= 0.6 is 0 Å². The highest BCUT2D eigenvalue weighted by atomic mass is 16.7. The number of benzene rings is 2. The molecular formula is C44H62O20. The summed E-state index contributed by atoms with van der Waals surface area (Å²) >= 11 is 0. The number of ketones is 2. The van der Waals surface area contributed by atoms with E-state index in [2.05, 4.69) is 0 Å². The molecule has 0 aromatic heterocycles. The van der Waals surface area contributed by atoms with Gasteiger partial charge in [0.1, 0.15) is 53.9 Å². The van der Waals surface area contributed by atoms with E-state index >= 15 is 0 Å². The molecule has 2 aromatic carbocycles. The third-order valence-corrected chi connectivity index (χ3v) is 13.3. The second kappa shape index (κ2) is 19.6. The number of aromatic hydroxyl groups is 2. The molecule has 0 saturated carbocycles. The van der Waals surface area contributed by atoms with E-state index in [9.17, 15) is 55.5 Å². The molecule has 0 unspecified atom stereocenters. The van der Waals surface area contributed by atoms with Crippen LogP contribution in [0.1, 0.15) is 81.8 Å². The molecule has 20 nitrogen and oxygen atoms in total. The van der Waals surface area contributed by atoms with Crippen LogP contribution in [0.5, 0.6) is 17.2 Å². The van der Waals surface area contributed by atoms with E-state index in [0.29, 0.717) is 0 Å². The van der Waals surface area contributed by atoms with Gasteiger partial charge in [-0.25, -0.2) is 0 Å². The summed E-state index contributed by atoms with van der Waals surface area (Å²) in [6, 6.07) is 3.12. The average Bonchev–Trinajstić information content (AvgIpc) is 3.22. The molecule has 5 aliphatic rings. The number of carbonyl (C=O) groups is 2. The predicted molar refractivity (Wildman–Crippen MR) is 218 cm³/mol. The van der Waals surface area contributed by atoms with Crippen molar-refractivity contribution in [1.29, 1.82) is 0 Å². The first kappa shape index (κ1) is 48.8. The highest BCUT2D eigenvalue weighted by Crippen LogP contribution is 2.47. The Kier molecular flexibility index (Phi) is 14.9. The van der Waals surface area contributed by atoms with Gasteiger partial charge < -0.3 is 88.6 Å². The SMILES string of the molecule is CO[C@@H]([C@@H]1Cc2cc3cc(O[C@H]4C[C@@H](O[C@H]5C[C@@H](O)[C@H](O)[C@@H](C)O5)[C@H](O)[C@@H](C)O4)c(C)c(O)c3c(O)c2C(=O)[C@H]1O[C@H]1C[C@@H](O[C@@H]2C[C@@H](O)[C@@H](O)[C@@H](C)O2)[C@H](O)[C@@H](C)O1)[C@@H](O)C(C)=O. The molecule has 20 atom stereocenters. The fraction of sp³-hybridized carbons (Fsp3) is 0.727. The molecule has 4 heterocycles. The lowest BCUT2D eigenvalue weighted by molar-refractivity contribution is -0.311. The summed E-state index contributed by atoms with van der Waals surface area (Å²) in [5.41, 5.74) is 0.266. The Labute approximate surface area is 369 Å². The molecule has 0 radical (unpaired) electrons. The van der Waals surface area contributed by atoms with Crippen molar-refractivity contribution >= 4 is 22.3 Å². The van der Waals surface area contributed by atoms with Crippen molar-refractivity contribution in [3.05, 3.63) is 28.8 Å². The molecule has 4 fully saturated rings. The molecule has 1 aliphatic carbocycles. The van der Waals surface area contributed by atoms with Crippen LogP contribution in [0.25, 0.3) is 10.8 Å². The van der Waals surface area contributed by atoms with Gasteiger partial charge in [0.15, 0.2) is 30.4 Å². The van der Waals surface area contributed by atoms with Crippen LogP contribution in [-0.2, 0) is 49.1 Å². The predicted octanol–water partition coefficient (Wildman–Crippen LogP) is 0.119. The maximum absolute atomic E-state index is 14.7. The summed E-state index contributed by atoms with van der Waals surface area (Å²) in [7, 11) is 1.27. The molecule has 9 N–H and O–H groups in total. The second-order valence-electron chi connectivity index (χ2n) is 17.8. The summed E-state index contributed by atoms with van der Waals surface area (Å²) in [5, 5.41) is 97.6. The van der Waals surface area contributed by atoms with Crippen LogP contribution in [0.2, 0.25) is 0 Å². The summed E-state index contributed by atoms with van der Waals surface area (Å²) < 4.78 is 53.8. The van der Waals surface area contributed by atoms with Gasteiger partial charge in [-0.2, -0.15) is 0 Å². The maximum Gasteiger partial charge on any atom is 0.202 e. The lowest BCUT2D eigenvalue weighted by Crippen LogP contribution is -2.56. The third-order valence-electron chi connectivity index (χ3n) is 13.3. The van der Waals surface area contributed by atoms with E-state index < -0.39 is 146 Å². The normalized spacial score (nSPS) is 40.4. The zero-order chi connectivity index (χ0) is 46.6. The quantitative estimate of drug-likeness (QED) is 0.137. The molecule has 0 bridgehead atoms. The topological polar surface area (TPSA) is 299 Å². The highest BCUT2D eigenvalue weighted by molar-refractivity contribution is 6.11. The molecule has 7 rings (SSSR count). The fourth-order valence-corrected chi connectivity index (χ4v) is 9.51. The van der Waals surface area contributed by atoms with Crippen LogP contribution in [0, 0.1) is 12.8 Å². The summed E-state index contributed by atoms with van der Waals surface area (Å²) in [5.74, 6) is -3.30. The maximum atomic E-state index is 14.7. The Morgan fingerprint density at radius 3 is 1.69 bits per heavy atom. The van der Waals surface area contributed by atoms with Crippen molar-refractivity contribution in [1.82, 2.24) is 0 Å². The van der Waals surface area contributed by atoms with Crippen LogP contribution in [0.4, 0.5) is 0 Å². The summed E-state index contributed by atoms with van der Waals surface area (Å²) in [6.45, 7) is 9.06. The number of hydrogen-bond acceptors (Lipinski definition) is 20. The van der Waals surface area contributed by atoms with Gasteiger partial charge in [-0.3, -0.25) is 9.59 Å². The standard InChI is InChI=1S/C44H62O20/c1-15-26(61-31-13-27(39(52)19(5)59-31)62-29-11-24(46)37(50)17(3)57-29)10-22-8-21-9-23(43(56-7)36(49)16(2)45)44(42(55)34(21)41(54)33(22)35(15)48)64-32-14-28(40(53)20(6)60-32)63-30-12-25(47)38(51)18(4)58-30/h8,10,17-20,23-25,27-32,36-40,43-44,46-54H,9,11-14H2,1-7H3/t17-,18-,19-,20-,23+,24-,25-,27-,28-,29+,30-,31+,32+,36+,37-,38+,39-,40-,43+,44+/m1/s1. The Morgan fingerprint density at radius 2 is 1.19 bits per heavy atom. The fourth-order valence-electron chi connectivity index (χ4n) is 9.51. The zero-order valence-electron chi connectivity index (χ0n) is 36.8. The van der Waals surface area contributed by atoms with Gasteiger partial charge in [0.2, 0.25) is 6.29 Å². The minimum absolute atomic E-state index is 0.00331. The number of hydrogen-bond donors (Lipinski definition) is 9. The Bertz CT molecular complexity index is 1970. The van der Waals surface area contributed by atoms with Gasteiger partial charge in [-0.1, -0.05) is 0 Å². The molecule has 2 aromatic rings. The summed E-state index contributed by atoms with van der Waals surface area (Å²) in [4.78, 5) is 27.3. The lowest BCUT2D eigenvalue weighted by Gasteiger charge is -2.44. The van der Waals surface area contributed by atoms with Crippen molar-refractivity contribution in [2.45, 2.75) is 190 Å². The van der Waals surface area contributed by atoms with Crippen molar-refractivity contribution in [3.63, 3.8) is 0 Å². The molecule has 0 amide bonds. The lowest BCUT2D eigenvalue weighted by atomic mass is 9.75. The number of ether oxygens (including phenoxy) is 9. The van der Waals surface area contributed by atoms with Gasteiger partial charge in [0.05, 0.1) is 65.9 Å². The molecule has 4 saturated heterocycles. The number of carbonyl (C=O) groups excluding carboxylic acids is 2. The Hall–Kier alpha value is -3.16. The van der Waals surface area contributed by atoms with Crippen molar-refractivity contribution in [2.24, 2.45) is 5.92 Å². The second-order valence-corrected chi connectivity index (χ2v) is 17.8. The van der Waals surface area contributed by atoms with E-state index in [1.807, 2.05) is 0 Å². The molecule has 20 heteroatoms. The van der Waals surface area contributed by atoms with Gasteiger partial charge in [-0.05, 0) is 71.0 Å². The van der Waals surface area contributed by atoms with Crippen LogP contribution in [0.15, 0.2) is 12.1 Å². The molecule has 0 spiro atoms. The summed E-state index contributed by atoms with van der Waals surface area (Å²) in [6.07, 6.45) is -20.8. The minimum atomic E-state index is -1.69. The van der Waals surface area contributed by atoms with Gasteiger partial charge in [0.25, 0.3) is 0 Å². The van der Waals surface area contributed by atoms with E-state index in [1.54, 1.807) is 39.8 Å². The first-order valence-electron chi connectivity index (χ1n) is 21.8. The van der Waals surface area contributed by atoms with E-state index in [4.69, 9.17) is 42.6 Å². The first-order chi connectivity index (χ1) is 30.2. The van der Waals surface area contributed by atoms with Crippen LogP contribution < -0.4 is 4.74 Å². The number of aliphatic hydroxyl groups excluding tert-OH is 7. The number of phenolic OH excluding ortho intramolecular Hbond substituents is 2.